The van der Waals surface area contributed by atoms with Crippen LogP contribution in [-0.4, -0.2) is 39.7 Å². The van der Waals surface area contributed by atoms with Crippen molar-refractivity contribution in [3.8, 4) is 11.5 Å². The number of nitrogens with zero attached hydrogens (tertiary/aromatic N) is 3. The molecule has 8 nitrogen and oxygen atoms in total. The highest BCUT2D eigenvalue weighted by Crippen LogP contribution is 2.42. The molecule has 0 aliphatic rings. The van der Waals surface area contributed by atoms with Crippen molar-refractivity contribution in [2.24, 2.45) is 5.10 Å². The number of unbranched alkanes of at least 4 members (excludes halogenated alkanes) is 1. The van der Waals surface area contributed by atoms with E-state index in [-0.39, 0.29) is 22.1 Å². The van der Waals surface area contributed by atoms with Gasteiger partial charge >= 0.3 is 5.97 Å². The summed E-state index contributed by atoms with van der Waals surface area (Å²) in [4.78, 5) is 29.2. The molecular formula is C24H24Br2ClN3O5. The molecule has 0 saturated carbocycles. The van der Waals surface area contributed by atoms with Crippen LogP contribution in [0.4, 0.5) is 0 Å². The third kappa shape index (κ3) is 6.23. The topological polar surface area (TPSA) is 103 Å². The number of carbonyl (C=O) groups is 1. The Bertz CT molecular complexity index is 1340. The predicted octanol–water partition coefficient (Wildman–Crippen LogP) is 6.05. The molecule has 3 aromatic rings. The van der Waals surface area contributed by atoms with Gasteiger partial charge in [-0.05, 0) is 60.5 Å². The monoisotopic (exact) mass is 627 g/mol. The Balaban J connectivity index is 2.13. The van der Waals surface area contributed by atoms with Crippen molar-refractivity contribution in [2.45, 2.75) is 46.1 Å². The van der Waals surface area contributed by atoms with Gasteiger partial charge in [0.05, 0.1) is 23.7 Å². The van der Waals surface area contributed by atoms with Crippen molar-refractivity contribution in [1.29, 1.82) is 0 Å². The maximum atomic E-state index is 13.3. The summed E-state index contributed by atoms with van der Waals surface area (Å²) >= 11 is 13.3. The smallest absolute Gasteiger partial charge is 0.344 e. The molecule has 0 amide bonds. The van der Waals surface area contributed by atoms with Crippen LogP contribution in [-0.2, 0) is 11.2 Å². The number of hydrogen-bond acceptors (Lipinski definition) is 6. The van der Waals surface area contributed by atoms with Crippen molar-refractivity contribution in [1.82, 2.24) is 9.66 Å². The molecule has 0 radical (unpaired) electrons. The largest absolute Gasteiger partial charge is 0.490 e. The summed E-state index contributed by atoms with van der Waals surface area (Å²) in [5, 5.41) is 14.2. The summed E-state index contributed by atoms with van der Waals surface area (Å²) in [6.07, 6.45) is 2.71. The van der Waals surface area contributed by atoms with Crippen molar-refractivity contribution >= 4 is 66.5 Å². The second kappa shape index (κ2) is 12.0. The molecule has 2 aromatic carbocycles. The van der Waals surface area contributed by atoms with Crippen molar-refractivity contribution in [3.05, 3.63) is 60.0 Å². The molecule has 0 aliphatic carbocycles. The zero-order valence-corrected chi connectivity index (χ0v) is 23.3. The number of carboxylic acid groups (broad SMARTS) is 1. The lowest BCUT2D eigenvalue weighted by molar-refractivity contribution is -0.144. The number of fused-ring (bicyclic) bond motifs is 1. The molecule has 1 atom stereocenters. The maximum Gasteiger partial charge on any atom is 0.344 e. The third-order valence-corrected chi connectivity index (χ3v) is 6.98. The van der Waals surface area contributed by atoms with Crippen LogP contribution in [0, 0.1) is 0 Å². The van der Waals surface area contributed by atoms with E-state index in [1.54, 1.807) is 25.1 Å². The highest BCUT2D eigenvalue weighted by molar-refractivity contribution is 9.10. The van der Waals surface area contributed by atoms with Gasteiger partial charge in [-0.2, -0.15) is 9.78 Å². The van der Waals surface area contributed by atoms with Gasteiger partial charge in [0, 0.05) is 20.9 Å². The van der Waals surface area contributed by atoms with Crippen LogP contribution in [0.1, 0.15) is 45.0 Å². The second-order valence-corrected chi connectivity index (χ2v) is 9.69. The van der Waals surface area contributed by atoms with Crippen molar-refractivity contribution < 1.29 is 19.4 Å². The first-order valence-electron chi connectivity index (χ1n) is 11.0. The van der Waals surface area contributed by atoms with E-state index in [4.69, 9.17) is 21.1 Å². The van der Waals surface area contributed by atoms with Crippen molar-refractivity contribution in [2.75, 3.05) is 6.61 Å². The van der Waals surface area contributed by atoms with Crippen LogP contribution in [0.3, 0.4) is 0 Å². The Labute approximate surface area is 224 Å². The number of benzene rings is 2. The highest BCUT2D eigenvalue weighted by Gasteiger charge is 2.22. The number of aliphatic carboxylic acids is 1. The summed E-state index contributed by atoms with van der Waals surface area (Å²) in [6.45, 7) is 5.54. The highest BCUT2D eigenvalue weighted by atomic mass is 79.9. The van der Waals surface area contributed by atoms with E-state index < -0.39 is 12.1 Å². The van der Waals surface area contributed by atoms with Crippen LogP contribution in [0.15, 0.2) is 43.1 Å². The Morgan fingerprint density at radius 1 is 1.31 bits per heavy atom. The molecule has 1 heterocycles. The normalized spacial score (nSPS) is 12.3. The van der Waals surface area contributed by atoms with E-state index in [0.29, 0.717) is 39.8 Å². The predicted molar refractivity (Wildman–Crippen MR) is 143 cm³/mol. The van der Waals surface area contributed by atoms with E-state index in [9.17, 15) is 14.7 Å². The fraction of sp³-hybridized carbons (Fsp3) is 0.333. The molecule has 0 saturated heterocycles. The Morgan fingerprint density at radius 3 is 2.71 bits per heavy atom. The van der Waals surface area contributed by atoms with Gasteiger partial charge in [-0.3, -0.25) is 4.79 Å². The van der Waals surface area contributed by atoms with Gasteiger partial charge in [-0.25, -0.2) is 9.78 Å². The molecule has 0 bridgehead atoms. The fourth-order valence-corrected chi connectivity index (χ4v) is 4.23. The molecule has 186 valence electrons. The zero-order valence-electron chi connectivity index (χ0n) is 19.3. The van der Waals surface area contributed by atoms with Crippen molar-refractivity contribution in [3.63, 3.8) is 0 Å². The number of aromatic nitrogens is 2. The van der Waals surface area contributed by atoms with Gasteiger partial charge < -0.3 is 14.6 Å². The van der Waals surface area contributed by atoms with E-state index in [1.165, 1.54) is 17.8 Å². The minimum absolute atomic E-state index is 0.102. The number of ether oxygens (including phenoxy) is 2. The summed E-state index contributed by atoms with van der Waals surface area (Å²) in [6, 6.07) is 6.98. The molecule has 0 fully saturated rings. The minimum atomic E-state index is -1.14. The van der Waals surface area contributed by atoms with Gasteiger partial charge in [0.2, 0.25) is 0 Å². The number of aryl methyl sites for hydroxylation is 1. The molecule has 35 heavy (non-hydrogen) atoms. The Kier molecular flexibility index (Phi) is 9.32. The lowest BCUT2D eigenvalue weighted by atomic mass is 10.2. The van der Waals surface area contributed by atoms with E-state index in [1.807, 2.05) is 6.07 Å². The van der Waals surface area contributed by atoms with Crippen LogP contribution >= 0.6 is 43.5 Å². The van der Waals surface area contributed by atoms with Crippen LogP contribution in [0.2, 0.25) is 5.02 Å². The maximum absolute atomic E-state index is 13.3. The molecule has 0 aliphatic heterocycles. The van der Waals surface area contributed by atoms with Gasteiger partial charge in [0.15, 0.2) is 17.6 Å². The van der Waals surface area contributed by atoms with E-state index in [0.717, 1.165) is 17.3 Å². The Hall–Kier alpha value is -2.43. The number of halogens is 3. The van der Waals surface area contributed by atoms with Gasteiger partial charge in [-0.1, -0.05) is 40.9 Å². The molecular weight excluding hydrogens is 606 g/mol. The molecule has 1 aromatic heterocycles. The summed E-state index contributed by atoms with van der Waals surface area (Å²) in [5.74, 6) is -0.232. The molecule has 0 spiro atoms. The Morgan fingerprint density at radius 2 is 2.06 bits per heavy atom. The fourth-order valence-electron chi connectivity index (χ4n) is 3.23. The van der Waals surface area contributed by atoms with Crippen LogP contribution in [0.25, 0.3) is 10.9 Å². The second-order valence-electron chi connectivity index (χ2n) is 7.61. The molecule has 1 N–H and O–H groups in total. The van der Waals surface area contributed by atoms with Gasteiger partial charge in [-0.15, -0.1) is 0 Å². The van der Waals surface area contributed by atoms with Crippen LogP contribution in [0.5, 0.6) is 11.5 Å². The van der Waals surface area contributed by atoms with E-state index >= 15 is 0 Å². The molecule has 3 rings (SSSR count). The summed E-state index contributed by atoms with van der Waals surface area (Å²) in [5.41, 5.74) is 0.824. The first kappa shape index (κ1) is 27.2. The lowest BCUT2D eigenvalue weighted by Crippen LogP contribution is -2.23. The average molecular weight is 630 g/mol. The lowest BCUT2D eigenvalue weighted by Gasteiger charge is -2.18. The van der Waals surface area contributed by atoms with E-state index in [2.05, 4.69) is 48.9 Å². The summed E-state index contributed by atoms with van der Waals surface area (Å²) < 4.78 is 13.7. The van der Waals surface area contributed by atoms with Gasteiger partial charge in [0.25, 0.3) is 5.56 Å². The number of carboxylic acids is 1. The quantitative estimate of drug-likeness (QED) is 0.274. The summed E-state index contributed by atoms with van der Waals surface area (Å²) in [7, 11) is 0. The average Bonchev–Trinajstić information content (AvgIpc) is 2.82. The first-order chi connectivity index (χ1) is 16.7. The number of hydrogen-bond donors (Lipinski definition) is 1. The molecule has 11 heteroatoms. The SMILES string of the molecule is CCCCc1nc2ccc(Br)cc2c(=O)n1N=Cc1cc(OCC)c(O[C@@H](C)C(=O)O)c(Cl)c1Br. The van der Waals surface area contributed by atoms with Crippen LogP contribution < -0.4 is 15.0 Å². The zero-order chi connectivity index (χ0) is 25.7. The minimum Gasteiger partial charge on any atom is -0.490 e. The molecule has 0 unspecified atom stereocenters. The standard InChI is InChI=1S/C24H24Br2ClN3O5/c1-4-6-7-19-29-17-9-8-15(25)11-16(17)23(31)30(19)28-12-14-10-18(34-5-2)22(21(27)20(14)26)35-13(3)24(32)33/h8-13H,4-7H2,1-3H3,(H,32,33)/t13-/m0/s1. The van der Waals surface area contributed by atoms with Gasteiger partial charge in [0.1, 0.15) is 10.8 Å². The first-order valence-corrected chi connectivity index (χ1v) is 12.9. The third-order valence-electron chi connectivity index (χ3n) is 5.04. The number of rotatable bonds is 10.